The first kappa shape index (κ1) is 9.74. The van der Waals surface area contributed by atoms with Crippen LogP contribution in [0.15, 0.2) is 34.9 Å². The summed E-state index contributed by atoms with van der Waals surface area (Å²) in [6, 6.07) is 8.11. The largest absolute Gasteiger partial charge is 0.464 e. The number of benzene rings is 1. The van der Waals surface area contributed by atoms with E-state index in [0.29, 0.717) is 0 Å². The fraction of sp³-hybridized carbons (Fsp3) is 0.273. The summed E-state index contributed by atoms with van der Waals surface area (Å²) in [7, 11) is 2.07. The number of hydrogen-bond donors (Lipinski definition) is 0. The van der Waals surface area contributed by atoms with E-state index in [2.05, 4.69) is 33.9 Å². The molecular weight excluding hydrogens is 242 g/mol. The van der Waals surface area contributed by atoms with E-state index in [-0.39, 0.29) is 0 Å². The van der Waals surface area contributed by atoms with Crippen LogP contribution in [0.1, 0.15) is 5.56 Å². The summed E-state index contributed by atoms with van der Waals surface area (Å²) in [4.78, 5) is 2.18. The summed E-state index contributed by atoms with van der Waals surface area (Å²) >= 11 is 3.42. The van der Waals surface area contributed by atoms with Crippen molar-refractivity contribution in [3.63, 3.8) is 0 Å². The van der Waals surface area contributed by atoms with Crippen LogP contribution in [-0.4, -0.2) is 17.4 Å². The van der Waals surface area contributed by atoms with Crippen LogP contribution in [0.3, 0.4) is 0 Å². The molecule has 1 heterocycles. The molecule has 0 aliphatic carbocycles. The molecule has 0 saturated heterocycles. The van der Waals surface area contributed by atoms with Crippen LogP contribution in [-0.2, 0) is 6.54 Å². The van der Waals surface area contributed by atoms with E-state index in [1.807, 2.05) is 24.5 Å². The monoisotopic (exact) mass is 253 g/mol. The van der Waals surface area contributed by atoms with Gasteiger partial charge in [-0.2, -0.15) is 0 Å². The molecule has 0 aliphatic heterocycles. The fourth-order valence-corrected chi connectivity index (χ4v) is 1.67. The molecular formula is C11H12BrNO. The maximum Gasteiger partial charge on any atom is 0.134 e. The van der Waals surface area contributed by atoms with Gasteiger partial charge in [-0.3, -0.25) is 4.90 Å². The third-order valence-corrected chi connectivity index (χ3v) is 3.06. The molecule has 0 saturated carbocycles. The second-order valence-corrected chi connectivity index (χ2v) is 3.89. The second kappa shape index (κ2) is 4.15. The average Bonchev–Trinajstić information content (AvgIpc) is 2.62. The highest BCUT2D eigenvalue weighted by Crippen LogP contribution is 2.21. The predicted molar refractivity (Wildman–Crippen MR) is 61.5 cm³/mol. The molecule has 0 unspecified atom stereocenters. The Labute approximate surface area is 91.6 Å². The summed E-state index contributed by atoms with van der Waals surface area (Å²) in [6.45, 7) is 0.905. The first-order valence-electron chi connectivity index (χ1n) is 4.51. The second-order valence-electron chi connectivity index (χ2n) is 3.39. The van der Waals surface area contributed by atoms with Crippen molar-refractivity contribution in [2.24, 2.45) is 0 Å². The normalized spacial score (nSPS) is 11.4. The maximum absolute atomic E-state index is 5.45. The standard InChI is InChI=1S/C11H12BrNO/c1-13(8-12)6-9-7-14-11-5-3-2-4-10(9)11/h2-5,7H,6,8H2,1H3. The molecule has 0 fully saturated rings. The van der Waals surface area contributed by atoms with E-state index in [4.69, 9.17) is 4.42 Å². The molecule has 2 aromatic rings. The van der Waals surface area contributed by atoms with Crippen molar-refractivity contribution < 1.29 is 4.42 Å². The third-order valence-electron chi connectivity index (χ3n) is 2.21. The predicted octanol–water partition coefficient (Wildman–Crippen LogP) is 3.22. The molecule has 1 aromatic heterocycles. The SMILES string of the molecule is CN(CBr)Cc1coc2ccccc12. The first-order valence-corrected chi connectivity index (χ1v) is 5.63. The average molecular weight is 254 g/mol. The van der Waals surface area contributed by atoms with Gasteiger partial charge in [-0.1, -0.05) is 34.1 Å². The van der Waals surface area contributed by atoms with Crippen LogP contribution in [0.2, 0.25) is 0 Å². The van der Waals surface area contributed by atoms with Gasteiger partial charge >= 0.3 is 0 Å². The summed E-state index contributed by atoms with van der Waals surface area (Å²) in [6.07, 6.45) is 1.84. The smallest absolute Gasteiger partial charge is 0.134 e. The van der Waals surface area contributed by atoms with Gasteiger partial charge in [-0.15, -0.1) is 0 Å². The van der Waals surface area contributed by atoms with E-state index in [1.165, 1.54) is 10.9 Å². The lowest BCUT2D eigenvalue weighted by atomic mass is 10.2. The molecule has 0 spiro atoms. The number of halogens is 1. The van der Waals surface area contributed by atoms with Crippen LogP contribution in [0.5, 0.6) is 0 Å². The minimum atomic E-state index is 0.868. The van der Waals surface area contributed by atoms with Gasteiger partial charge in [-0.25, -0.2) is 0 Å². The Morgan fingerprint density at radius 1 is 1.36 bits per heavy atom. The Morgan fingerprint density at radius 2 is 2.14 bits per heavy atom. The lowest BCUT2D eigenvalue weighted by molar-refractivity contribution is 0.389. The molecule has 0 radical (unpaired) electrons. The van der Waals surface area contributed by atoms with Crippen molar-refractivity contribution in [1.82, 2.24) is 4.90 Å². The molecule has 0 aliphatic rings. The lowest BCUT2D eigenvalue weighted by Gasteiger charge is -2.10. The van der Waals surface area contributed by atoms with Gasteiger partial charge in [0.15, 0.2) is 0 Å². The summed E-state index contributed by atoms with van der Waals surface area (Å²) in [5, 5.41) is 1.21. The Morgan fingerprint density at radius 3 is 2.93 bits per heavy atom. The van der Waals surface area contributed by atoms with Gasteiger partial charge in [0.05, 0.1) is 11.7 Å². The van der Waals surface area contributed by atoms with Gasteiger partial charge < -0.3 is 4.42 Å². The minimum absolute atomic E-state index is 0.868. The van der Waals surface area contributed by atoms with E-state index in [1.54, 1.807) is 0 Å². The van der Waals surface area contributed by atoms with Crippen molar-refractivity contribution in [3.8, 4) is 0 Å². The zero-order valence-corrected chi connectivity index (χ0v) is 9.62. The Hall–Kier alpha value is -0.800. The fourth-order valence-electron chi connectivity index (χ4n) is 1.49. The molecule has 14 heavy (non-hydrogen) atoms. The van der Waals surface area contributed by atoms with Gasteiger partial charge in [0.25, 0.3) is 0 Å². The van der Waals surface area contributed by atoms with Crippen LogP contribution in [0, 0.1) is 0 Å². The van der Waals surface area contributed by atoms with Gasteiger partial charge in [0, 0.05) is 17.5 Å². The molecule has 0 atom stereocenters. The maximum atomic E-state index is 5.45. The van der Waals surface area contributed by atoms with Crippen LogP contribution < -0.4 is 0 Å². The molecule has 0 N–H and O–H groups in total. The molecule has 74 valence electrons. The highest BCUT2D eigenvalue weighted by atomic mass is 79.9. The summed E-state index contributed by atoms with van der Waals surface area (Å²) < 4.78 is 5.45. The van der Waals surface area contributed by atoms with Crippen molar-refractivity contribution >= 4 is 26.9 Å². The van der Waals surface area contributed by atoms with Crippen molar-refractivity contribution in [3.05, 3.63) is 36.1 Å². The van der Waals surface area contributed by atoms with E-state index >= 15 is 0 Å². The van der Waals surface area contributed by atoms with Crippen LogP contribution >= 0.6 is 15.9 Å². The number of alkyl halides is 1. The molecule has 3 heteroatoms. The molecule has 1 aromatic carbocycles. The molecule has 0 amide bonds. The van der Waals surface area contributed by atoms with Crippen LogP contribution in [0.25, 0.3) is 11.0 Å². The Balaban J connectivity index is 2.33. The number of hydrogen-bond acceptors (Lipinski definition) is 2. The number of furan rings is 1. The minimum Gasteiger partial charge on any atom is -0.464 e. The van der Waals surface area contributed by atoms with Crippen molar-refractivity contribution in [2.45, 2.75) is 6.54 Å². The summed E-state index contributed by atoms with van der Waals surface area (Å²) in [5.41, 5.74) is 3.07. The van der Waals surface area contributed by atoms with Crippen LogP contribution in [0.4, 0.5) is 0 Å². The molecule has 2 rings (SSSR count). The number of nitrogens with zero attached hydrogens (tertiary/aromatic N) is 1. The zero-order chi connectivity index (χ0) is 9.97. The van der Waals surface area contributed by atoms with E-state index in [0.717, 1.165) is 17.6 Å². The highest BCUT2D eigenvalue weighted by molar-refractivity contribution is 9.09. The summed E-state index contributed by atoms with van der Waals surface area (Å²) in [5.74, 6) is 0. The Bertz CT molecular complexity index is 424. The number of fused-ring (bicyclic) bond motifs is 1. The number of para-hydroxylation sites is 1. The van der Waals surface area contributed by atoms with Gasteiger partial charge in [0.1, 0.15) is 5.58 Å². The number of rotatable bonds is 3. The topological polar surface area (TPSA) is 16.4 Å². The van der Waals surface area contributed by atoms with Gasteiger partial charge in [0.2, 0.25) is 0 Å². The van der Waals surface area contributed by atoms with Crippen molar-refractivity contribution in [2.75, 3.05) is 12.5 Å². The van der Waals surface area contributed by atoms with E-state index in [9.17, 15) is 0 Å². The quantitative estimate of drug-likeness (QED) is 0.617. The molecule has 2 nitrogen and oxygen atoms in total. The Kier molecular flexibility index (Phi) is 2.89. The highest BCUT2D eigenvalue weighted by Gasteiger charge is 2.06. The van der Waals surface area contributed by atoms with Crippen molar-refractivity contribution in [1.29, 1.82) is 0 Å². The zero-order valence-electron chi connectivity index (χ0n) is 8.03. The molecule has 0 bridgehead atoms. The lowest BCUT2D eigenvalue weighted by Crippen LogP contribution is -2.14. The first-order chi connectivity index (χ1) is 6.81. The van der Waals surface area contributed by atoms with E-state index < -0.39 is 0 Å². The third kappa shape index (κ3) is 1.83. The van der Waals surface area contributed by atoms with Gasteiger partial charge in [-0.05, 0) is 13.1 Å².